The number of benzene rings is 2. The van der Waals surface area contributed by atoms with E-state index in [0.717, 1.165) is 50.0 Å². The van der Waals surface area contributed by atoms with Crippen molar-refractivity contribution in [2.24, 2.45) is 0 Å². The van der Waals surface area contributed by atoms with Crippen molar-refractivity contribution < 1.29 is 26.8 Å². The first-order chi connectivity index (χ1) is 16.2. The van der Waals surface area contributed by atoms with Gasteiger partial charge in [-0.05, 0) is 0 Å². The molecule has 0 heterocycles. The molecule has 0 radical (unpaired) electrons. The second kappa shape index (κ2) is 10.9. The molecule has 2 aromatic rings. The van der Waals surface area contributed by atoms with E-state index in [-0.39, 0.29) is 0 Å². The first-order valence-electron chi connectivity index (χ1n) is 12.5. The Morgan fingerprint density at radius 3 is 1.42 bits per heavy atom. The fourth-order valence-corrected chi connectivity index (χ4v) is 15.0. The molecule has 0 atom stereocenters. The van der Waals surface area contributed by atoms with E-state index in [0.29, 0.717) is 0 Å². The normalized spacial score (nSPS) is 15.6. The third-order valence-electron chi connectivity index (χ3n) is 6.83. The van der Waals surface area contributed by atoms with Gasteiger partial charge >= 0.3 is 206 Å². The quantitative estimate of drug-likeness (QED) is 0.313. The van der Waals surface area contributed by atoms with E-state index >= 15 is 0 Å². The zero-order valence-electron chi connectivity index (χ0n) is 20.5. The zero-order valence-corrected chi connectivity index (χ0v) is 22.9. The number of rotatable bonds is 10. The topological polar surface area (TPSA) is 18.5 Å². The molecule has 0 unspecified atom stereocenters. The van der Waals surface area contributed by atoms with Gasteiger partial charge in [-0.3, -0.25) is 0 Å². The van der Waals surface area contributed by atoms with E-state index < -0.39 is 21.1 Å². The third kappa shape index (κ3) is 4.76. The van der Waals surface area contributed by atoms with Crippen molar-refractivity contribution in [1.29, 1.82) is 0 Å². The number of hydrogen-bond donors (Lipinski definition) is 0. The summed E-state index contributed by atoms with van der Waals surface area (Å²) >= 11 is -4.10. The predicted molar refractivity (Wildman–Crippen MR) is 135 cm³/mol. The van der Waals surface area contributed by atoms with Crippen molar-refractivity contribution in [3.05, 3.63) is 102 Å². The average Bonchev–Trinajstić information content (AvgIpc) is 3.54. The Morgan fingerprint density at radius 2 is 1.03 bits per heavy atom. The molecule has 0 aliphatic heterocycles. The summed E-state index contributed by atoms with van der Waals surface area (Å²) in [5.41, 5.74) is 5.31. The second-order valence-electron chi connectivity index (χ2n) is 8.67. The summed E-state index contributed by atoms with van der Waals surface area (Å²) < 4.78 is 17.6. The van der Waals surface area contributed by atoms with Crippen molar-refractivity contribution in [1.82, 2.24) is 0 Å². The van der Waals surface area contributed by atoms with Gasteiger partial charge in [0.15, 0.2) is 0 Å². The molecule has 2 nitrogen and oxygen atoms in total. The number of aryl methyl sites for hydroxylation is 2. The van der Waals surface area contributed by atoms with Gasteiger partial charge in [-0.15, -0.1) is 0 Å². The number of allylic oxidation sites excluding steroid dienone is 8. The molecule has 0 amide bonds. The first-order valence-corrected chi connectivity index (χ1v) is 16.9. The molecular weight excluding hydrogens is 484 g/mol. The van der Waals surface area contributed by atoms with Gasteiger partial charge in [0.05, 0.1) is 0 Å². The molecule has 0 saturated carbocycles. The molecule has 3 heteroatoms. The minimum atomic E-state index is -4.10. The van der Waals surface area contributed by atoms with Crippen molar-refractivity contribution in [3.8, 4) is 11.5 Å². The van der Waals surface area contributed by atoms with Crippen molar-refractivity contribution in [3.63, 3.8) is 0 Å². The molecule has 0 N–H and O–H groups in total. The molecule has 172 valence electrons. The van der Waals surface area contributed by atoms with E-state index in [9.17, 15) is 0 Å². The standard InChI is InChI=1S/2C8H10O.2C7H9.Zr/c2*1-2-7-5-3-4-6-8(7)9;2*1-2-7-5-3-4-6-7;/h2*3-6,9H,2H2,1H3;2*3,5H,2,4H2,1H3;/q;;;;+2/p-2. The summed E-state index contributed by atoms with van der Waals surface area (Å²) in [6.07, 6.45) is 15.0. The Labute approximate surface area is 205 Å². The van der Waals surface area contributed by atoms with Crippen LogP contribution in [0.25, 0.3) is 0 Å². The van der Waals surface area contributed by atoms with E-state index in [1.807, 2.05) is 0 Å². The van der Waals surface area contributed by atoms with Crippen molar-refractivity contribution in [2.75, 3.05) is 0 Å². The van der Waals surface area contributed by atoms with E-state index in [2.05, 4.69) is 101 Å². The van der Waals surface area contributed by atoms with Gasteiger partial charge in [-0.1, -0.05) is 0 Å². The number of para-hydroxylation sites is 2. The molecule has 0 spiro atoms. The molecule has 0 fully saturated rings. The second-order valence-corrected chi connectivity index (χ2v) is 15.7. The van der Waals surface area contributed by atoms with Gasteiger partial charge in [0.25, 0.3) is 0 Å². The van der Waals surface area contributed by atoms with E-state index in [4.69, 9.17) is 5.63 Å². The Kier molecular flexibility index (Phi) is 7.91. The van der Waals surface area contributed by atoms with Crippen molar-refractivity contribution in [2.45, 2.75) is 66.2 Å². The molecule has 2 aromatic carbocycles. The average molecular weight is 520 g/mol. The van der Waals surface area contributed by atoms with Crippen LogP contribution < -0.4 is 5.63 Å². The molecule has 2 aliphatic rings. The summed E-state index contributed by atoms with van der Waals surface area (Å²) in [5, 5.41) is 0. The van der Waals surface area contributed by atoms with Crippen LogP contribution in [0.1, 0.15) is 64.5 Å². The Hall–Kier alpha value is -2.12. The Morgan fingerprint density at radius 1 is 0.606 bits per heavy atom. The van der Waals surface area contributed by atoms with Crippen LogP contribution in [0.15, 0.2) is 90.5 Å². The SMILES string of the molecule is CCC1=[C]([Zr]([O]c2ccccc2CC)([O]c2ccccc2CC)[C]2=C(CC)C=CC2)CC=C1. The van der Waals surface area contributed by atoms with Gasteiger partial charge in [0.1, 0.15) is 0 Å². The van der Waals surface area contributed by atoms with Crippen LogP contribution in [-0.4, -0.2) is 0 Å². The monoisotopic (exact) mass is 518 g/mol. The van der Waals surface area contributed by atoms with Gasteiger partial charge in [-0.2, -0.15) is 0 Å². The summed E-state index contributed by atoms with van der Waals surface area (Å²) in [6.45, 7) is 8.91. The van der Waals surface area contributed by atoms with Crippen LogP contribution in [0.5, 0.6) is 11.5 Å². The molecular formula is C30H36O2Zr. The zero-order chi connectivity index (χ0) is 23.3. The van der Waals surface area contributed by atoms with Gasteiger partial charge in [0, 0.05) is 0 Å². The fraction of sp³-hybridized carbons (Fsp3) is 0.333. The van der Waals surface area contributed by atoms with Gasteiger partial charge in [0.2, 0.25) is 0 Å². The van der Waals surface area contributed by atoms with Crippen LogP contribution in [0, 0.1) is 0 Å². The fourth-order valence-electron chi connectivity index (χ4n) is 5.01. The maximum absolute atomic E-state index is 7.35. The van der Waals surface area contributed by atoms with Gasteiger partial charge < -0.3 is 0 Å². The summed E-state index contributed by atoms with van der Waals surface area (Å²) in [5.74, 6) is 1.99. The summed E-state index contributed by atoms with van der Waals surface area (Å²) in [6, 6.07) is 17.1. The minimum absolute atomic E-state index is 0.933. The first kappa shape index (κ1) is 24.0. The van der Waals surface area contributed by atoms with E-state index in [1.165, 1.54) is 28.8 Å². The van der Waals surface area contributed by atoms with Crippen LogP contribution in [0.4, 0.5) is 0 Å². The molecule has 0 aromatic heterocycles. The van der Waals surface area contributed by atoms with Crippen LogP contribution in [0.3, 0.4) is 0 Å². The maximum atomic E-state index is 7.35. The predicted octanol–water partition coefficient (Wildman–Crippen LogP) is 8.50. The molecule has 0 bridgehead atoms. The van der Waals surface area contributed by atoms with Crippen molar-refractivity contribution >= 4 is 0 Å². The Bertz CT molecular complexity index is 1030. The molecule has 2 aliphatic carbocycles. The third-order valence-corrected chi connectivity index (χ3v) is 15.8. The summed E-state index contributed by atoms with van der Waals surface area (Å²) in [4.78, 5) is 0. The molecule has 0 saturated heterocycles. The summed E-state index contributed by atoms with van der Waals surface area (Å²) in [7, 11) is 0. The number of hydrogen-bond acceptors (Lipinski definition) is 2. The van der Waals surface area contributed by atoms with Crippen LogP contribution >= 0.6 is 0 Å². The molecule has 33 heavy (non-hydrogen) atoms. The van der Waals surface area contributed by atoms with Crippen LogP contribution in [0.2, 0.25) is 0 Å². The Balaban J connectivity index is 1.97. The van der Waals surface area contributed by atoms with Crippen LogP contribution in [-0.2, 0) is 34.0 Å². The van der Waals surface area contributed by atoms with Gasteiger partial charge in [-0.25, -0.2) is 0 Å². The molecule has 4 rings (SSSR count). The van der Waals surface area contributed by atoms with E-state index in [1.54, 1.807) is 0 Å².